The summed E-state index contributed by atoms with van der Waals surface area (Å²) in [5.74, 6) is 0.0481. The Labute approximate surface area is 147 Å². The van der Waals surface area contributed by atoms with Crippen molar-refractivity contribution in [3.8, 4) is 0 Å². The van der Waals surface area contributed by atoms with Crippen molar-refractivity contribution in [1.29, 1.82) is 0 Å². The van der Waals surface area contributed by atoms with Gasteiger partial charge in [0.25, 0.3) is 5.91 Å². The molecule has 0 radical (unpaired) electrons. The van der Waals surface area contributed by atoms with Crippen LogP contribution in [-0.2, 0) is 5.60 Å². The van der Waals surface area contributed by atoms with E-state index in [1.165, 1.54) is 0 Å². The van der Waals surface area contributed by atoms with E-state index < -0.39 is 5.60 Å². The summed E-state index contributed by atoms with van der Waals surface area (Å²) >= 11 is 0. The molecule has 1 saturated heterocycles. The van der Waals surface area contributed by atoms with Gasteiger partial charge in [-0.3, -0.25) is 4.79 Å². The van der Waals surface area contributed by atoms with E-state index >= 15 is 0 Å². The zero-order valence-corrected chi connectivity index (χ0v) is 14.1. The number of carbonyl (C=O) groups excluding carboxylic acids is 1. The molecule has 1 aliphatic heterocycles. The number of piperidine rings is 1. The number of nitrogens with zero attached hydrogens (tertiary/aromatic N) is 1. The maximum absolute atomic E-state index is 13.0. The minimum Gasteiger partial charge on any atom is -0.385 e. The van der Waals surface area contributed by atoms with Gasteiger partial charge in [0.15, 0.2) is 0 Å². The lowest BCUT2D eigenvalue weighted by Crippen LogP contribution is -2.45. The maximum atomic E-state index is 13.0. The Balaban J connectivity index is 1.55. The van der Waals surface area contributed by atoms with E-state index in [9.17, 15) is 9.90 Å². The summed E-state index contributed by atoms with van der Waals surface area (Å²) in [5.41, 5.74) is 0.840. The first-order chi connectivity index (χ1) is 12.2. The third-order valence-corrected chi connectivity index (χ3v) is 5.21. The van der Waals surface area contributed by atoms with Crippen molar-refractivity contribution < 1.29 is 9.90 Å². The SMILES string of the molecule is O=C(c1cccc2ccccc12)N1CCC(O)(c2ccccc2)CC1. The highest BCUT2D eigenvalue weighted by atomic mass is 16.3. The number of fused-ring (bicyclic) bond motifs is 1. The van der Waals surface area contributed by atoms with Crippen LogP contribution in [0, 0.1) is 0 Å². The number of carbonyl (C=O) groups is 1. The van der Waals surface area contributed by atoms with Gasteiger partial charge in [-0.1, -0.05) is 66.7 Å². The molecule has 3 nitrogen and oxygen atoms in total. The highest BCUT2D eigenvalue weighted by Gasteiger charge is 2.35. The molecule has 0 bridgehead atoms. The van der Waals surface area contributed by atoms with Crippen molar-refractivity contribution in [1.82, 2.24) is 4.90 Å². The molecule has 1 aliphatic rings. The standard InChI is InChI=1S/C22H21NO2/c24-21(20-12-6-8-17-7-4-5-11-19(17)20)23-15-13-22(25,14-16-23)18-9-2-1-3-10-18/h1-12,25H,13-16H2. The Hall–Kier alpha value is -2.65. The van der Waals surface area contributed by atoms with Gasteiger partial charge in [0, 0.05) is 18.7 Å². The molecule has 0 saturated carbocycles. The smallest absolute Gasteiger partial charge is 0.254 e. The molecule has 0 atom stereocenters. The number of rotatable bonds is 2. The molecular weight excluding hydrogens is 310 g/mol. The first-order valence-electron chi connectivity index (χ1n) is 8.72. The average molecular weight is 331 g/mol. The quantitative estimate of drug-likeness (QED) is 0.772. The first kappa shape index (κ1) is 15.9. The lowest BCUT2D eigenvalue weighted by Gasteiger charge is -2.38. The van der Waals surface area contributed by atoms with Crippen molar-refractivity contribution in [2.75, 3.05) is 13.1 Å². The second-order valence-corrected chi connectivity index (χ2v) is 6.72. The summed E-state index contributed by atoms with van der Waals surface area (Å²) in [6.45, 7) is 1.13. The Morgan fingerprint density at radius 3 is 2.24 bits per heavy atom. The lowest BCUT2D eigenvalue weighted by atomic mass is 9.84. The van der Waals surface area contributed by atoms with Gasteiger partial charge in [0.1, 0.15) is 0 Å². The van der Waals surface area contributed by atoms with Crippen LogP contribution in [0.25, 0.3) is 10.8 Å². The largest absolute Gasteiger partial charge is 0.385 e. The molecule has 1 heterocycles. The number of hydrogen-bond acceptors (Lipinski definition) is 2. The van der Waals surface area contributed by atoms with Crippen molar-refractivity contribution in [2.24, 2.45) is 0 Å². The summed E-state index contributed by atoms with van der Waals surface area (Å²) in [6.07, 6.45) is 1.13. The van der Waals surface area contributed by atoms with Crippen molar-refractivity contribution >= 4 is 16.7 Å². The lowest BCUT2D eigenvalue weighted by molar-refractivity contribution is -0.0211. The Bertz CT molecular complexity index is 891. The van der Waals surface area contributed by atoms with Crippen LogP contribution in [0.1, 0.15) is 28.8 Å². The van der Waals surface area contributed by atoms with Gasteiger partial charge in [-0.15, -0.1) is 0 Å². The maximum Gasteiger partial charge on any atom is 0.254 e. The van der Waals surface area contributed by atoms with E-state index in [1.54, 1.807) is 0 Å². The molecule has 1 N–H and O–H groups in total. The van der Waals surface area contributed by atoms with E-state index in [0.29, 0.717) is 25.9 Å². The number of aliphatic hydroxyl groups is 1. The van der Waals surface area contributed by atoms with Crippen LogP contribution in [0.15, 0.2) is 72.8 Å². The molecule has 1 fully saturated rings. The highest BCUT2D eigenvalue weighted by Crippen LogP contribution is 2.33. The van der Waals surface area contributed by atoms with Gasteiger partial charge in [-0.2, -0.15) is 0 Å². The molecule has 4 rings (SSSR count). The van der Waals surface area contributed by atoms with Crippen molar-refractivity contribution in [2.45, 2.75) is 18.4 Å². The van der Waals surface area contributed by atoms with Crippen LogP contribution >= 0.6 is 0 Å². The molecule has 25 heavy (non-hydrogen) atoms. The normalized spacial score (nSPS) is 16.8. The second kappa shape index (κ2) is 6.34. The van der Waals surface area contributed by atoms with Gasteiger partial charge in [-0.25, -0.2) is 0 Å². The predicted molar refractivity (Wildman–Crippen MR) is 99.4 cm³/mol. The van der Waals surface area contributed by atoms with E-state index in [1.807, 2.05) is 77.7 Å². The summed E-state index contributed by atoms with van der Waals surface area (Å²) in [4.78, 5) is 14.9. The van der Waals surface area contributed by atoms with E-state index in [2.05, 4.69) is 0 Å². The first-order valence-corrected chi connectivity index (χ1v) is 8.72. The fraction of sp³-hybridized carbons (Fsp3) is 0.227. The summed E-state index contributed by atoms with van der Waals surface area (Å²) < 4.78 is 0. The summed E-state index contributed by atoms with van der Waals surface area (Å²) in [6, 6.07) is 23.6. The third kappa shape index (κ3) is 2.92. The van der Waals surface area contributed by atoms with Crippen LogP contribution in [0.4, 0.5) is 0 Å². The molecule has 0 spiro atoms. The van der Waals surface area contributed by atoms with Gasteiger partial charge in [0.2, 0.25) is 0 Å². The molecule has 3 aromatic carbocycles. The molecule has 3 aromatic rings. The van der Waals surface area contributed by atoms with Crippen LogP contribution in [-0.4, -0.2) is 29.0 Å². The fourth-order valence-electron chi connectivity index (χ4n) is 3.70. The Kier molecular flexibility index (Phi) is 4.02. The summed E-state index contributed by atoms with van der Waals surface area (Å²) in [7, 11) is 0. The number of benzene rings is 3. The van der Waals surface area contributed by atoms with Crippen LogP contribution in [0.2, 0.25) is 0 Å². The Morgan fingerprint density at radius 1 is 0.840 bits per heavy atom. The minimum atomic E-state index is -0.837. The number of amides is 1. The number of likely N-dealkylation sites (tertiary alicyclic amines) is 1. The van der Waals surface area contributed by atoms with Gasteiger partial charge >= 0.3 is 0 Å². The molecule has 0 aromatic heterocycles. The predicted octanol–water partition coefficient (Wildman–Crippen LogP) is 3.96. The zero-order chi connectivity index (χ0) is 17.3. The molecule has 0 aliphatic carbocycles. The van der Waals surface area contributed by atoms with Crippen molar-refractivity contribution in [3.05, 3.63) is 83.9 Å². The van der Waals surface area contributed by atoms with E-state index in [0.717, 1.165) is 21.9 Å². The van der Waals surface area contributed by atoms with Gasteiger partial charge < -0.3 is 10.0 Å². The molecule has 1 amide bonds. The Morgan fingerprint density at radius 2 is 1.48 bits per heavy atom. The fourth-order valence-corrected chi connectivity index (χ4v) is 3.70. The zero-order valence-electron chi connectivity index (χ0n) is 14.1. The number of hydrogen-bond donors (Lipinski definition) is 1. The molecule has 126 valence electrons. The van der Waals surface area contributed by atoms with Crippen LogP contribution < -0.4 is 0 Å². The van der Waals surface area contributed by atoms with Gasteiger partial charge in [0.05, 0.1) is 5.60 Å². The average Bonchev–Trinajstić information content (AvgIpc) is 2.68. The van der Waals surface area contributed by atoms with Gasteiger partial charge in [-0.05, 0) is 35.2 Å². The monoisotopic (exact) mass is 331 g/mol. The molecule has 0 unspecified atom stereocenters. The highest BCUT2D eigenvalue weighted by molar-refractivity contribution is 6.07. The summed E-state index contributed by atoms with van der Waals surface area (Å²) in [5, 5.41) is 13.0. The minimum absolute atomic E-state index is 0.0481. The second-order valence-electron chi connectivity index (χ2n) is 6.72. The molecule has 3 heteroatoms. The van der Waals surface area contributed by atoms with Crippen molar-refractivity contribution in [3.63, 3.8) is 0 Å². The van der Waals surface area contributed by atoms with E-state index in [4.69, 9.17) is 0 Å². The van der Waals surface area contributed by atoms with E-state index in [-0.39, 0.29) is 5.91 Å². The topological polar surface area (TPSA) is 40.5 Å². The molecular formula is C22H21NO2. The third-order valence-electron chi connectivity index (χ3n) is 5.21. The van der Waals surface area contributed by atoms with Crippen LogP contribution in [0.5, 0.6) is 0 Å². The van der Waals surface area contributed by atoms with Crippen LogP contribution in [0.3, 0.4) is 0 Å².